The van der Waals surface area contributed by atoms with Crippen LogP contribution in [0.25, 0.3) is 0 Å². The van der Waals surface area contributed by atoms with Crippen LogP contribution >= 0.6 is 0 Å². The molecule has 3 atom stereocenters. The number of nitrogens with one attached hydrogen (secondary N) is 1. The van der Waals surface area contributed by atoms with Gasteiger partial charge in [0.2, 0.25) is 0 Å². The van der Waals surface area contributed by atoms with Gasteiger partial charge in [-0.25, -0.2) is 0 Å². The van der Waals surface area contributed by atoms with Gasteiger partial charge in [0.1, 0.15) is 0 Å². The van der Waals surface area contributed by atoms with E-state index in [0.29, 0.717) is 16.4 Å². The maximum absolute atomic E-state index is 3.68. The molecule has 0 amide bonds. The summed E-state index contributed by atoms with van der Waals surface area (Å²) in [4.78, 5) is 2.92. The number of rotatable bonds is 3. The maximum atomic E-state index is 3.68. The highest BCUT2D eigenvalue weighted by Crippen LogP contribution is 2.67. The van der Waals surface area contributed by atoms with Gasteiger partial charge in [0, 0.05) is 24.7 Å². The standard InChI is InChI=1S/C18H32N2/c1-4-19-15-5-6-20(10-15)18-9-14-7-16(2,12-18)11-17(3,8-14)13-18/h14-15,19H,4-13H2,1-3H3. The maximum Gasteiger partial charge on any atom is 0.0223 e. The molecule has 4 saturated carbocycles. The summed E-state index contributed by atoms with van der Waals surface area (Å²) >= 11 is 0. The van der Waals surface area contributed by atoms with E-state index in [1.165, 1.54) is 58.0 Å². The van der Waals surface area contributed by atoms with Gasteiger partial charge < -0.3 is 5.32 Å². The third kappa shape index (κ3) is 1.98. The molecular weight excluding hydrogens is 244 g/mol. The monoisotopic (exact) mass is 276 g/mol. The summed E-state index contributed by atoms with van der Waals surface area (Å²) in [6, 6.07) is 0.758. The van der Waals surface area contributed by atoms with E-state index >= 15 is 0 Å². The molecule has 1 N–H and O–H groups in total. The second kappa shape index (κ2) is 4.23. The predicted octanol–water partition coefficient (Wildman–Crippen LogP) is 3.42. The minimum absolute atomic E-state index is 0.576. The van der Waals surface area contributed by atoms with Crippen molar-refractivity contribution in [2.24, 2.45) is 16.7 Å². The molecule has 2 nitrogen and oxygen atoms in total. The van der Waals surface area contributed by atoms with Crippen molar-refractivity contribution in [2.45, 2.75) is 77.3 Å². The topological polar surface area (TPSA) is 15.3 Å². The van der Waals surface area contributed by atoms with E-state index in [-0.39, 0.29) is 0 Å². The molecule has 5 fully saturated rings. The number of hydrogen-bond acceptors (Lipinski definition) is 2. The summed E-state index contributed by atoms with van der Waals surface area (Å²) in [5, 5.41) is 3.68. The average molecular weight is 276 g/mol. The van der Waals surface area contributed by atoms with Gasteiger partial charge in [-0.3, -0.25) is 4.90 Å². The molecule has 5 aliphatic rings. The molecule has 20 heavy (non-hydrogen) atoms. The van der Waals surface area contributed by atoms with Crippen molar-refractivity contribution in [3.63, 3.8) is 0 Å². The molecule has 1 heterocycles. The fourth-order valence-corrected chi connectivity index (χ4v) is 7.39. The highest BCUT2D eigenvalue weighted by atomic mass is 15.3. The first-order chi connectivity index (χ1) is 9.44. The summed E-state index contributed by atoms with van der Waals surface area (Å²) in [6.45, 7) is 11.2. The lowest BCUT2D eigenvalue weighted by Crippen LogP contribution is -2.65. The molecule has 0 aromatic rings. The Bertz CT molecular complexity index is 386. The Morgan fingerprint density at radius 2 is 1.75 bits per heavy atom. The van der Waals surface area contributed by atoms with Crippen LogP contribution < -0.4 is 5.32 Å². The van der Waals surface area contributed by atoms with E-state index in [0.717, 1.165) is 18.5 Å². The van der Waals surface area contributed by atoms with E-state index in [2.05, 4.69) is 31.0 Å². The zero-order chi connectivity index (χ0) is 14.0. The summed E-state index contributed by atoms with van der Waals surface area (Å²) in [5.41, 5.74) is 1.89. The normalized spacial score (nSPS) is 54.8. The molecule has 2 heteroatoms. The van der Waals surface area contributed by atoms with Gasteiger partial charge in [0.15, 0.2) is 0 Å². The number of likely N-dealkylation sites (tertiary alicyclic amines) is 1. The van der Waals surface area contributed by atoms with E-state index in [4.69, 9.17) is 0 Å². The van der Waals surface area contributed by atoms with Gasteiger partial charge in [-0.1, -0.05) is 20.8 Å². The first kappa shape index (κ1) is 13.6. The van der Waals surface area contributed by atoms with Gasteiger partial charge in [0.25, 0.3) is 0 Å². The van der Waals surface area contributed by atoms with Crippen LogP contribution in [0, 0.1) is 16.7 Å². The van der Waals surface area contributed by atoms with Crippen LogP contribution in [0.5, 0.6) is 0 Å². The first-order valence-electron chi connectivity index (χ1n) is 8.93. The van der Waals surface area contributed by atoms with Crippen LogP contribution in [-0.4, -0.2) is 36.1 Å². The fourth-order valence-electron chi connectivity index (χ4n) is 7.39. The van der Waals surface area contributed by atoms with Crippen LogP contribution in [-0.2, 0) is 0 Å². The van der Waals surface area contributed by atoms with Crippen molar-refractivity contribution in [2.75, 3.05) is 19.6 Å². The summed E-state index contributed by atoms with van der Waals surface area (Å²) in [7, 11) is 0. The molecular formula is C18H32N2. The Labute approximate surface area is 124 Å². The summed E-state index contributed by atoms with van der Waals surface area (Å²) < 4.78 is 0. The molecule has 0 spiro atoms. The summed E-state index contributed by atoms with van der Waals surface area (Å²) in [6.07, 6.45) is 10.4. The number of likely N-dealkylation sites (N-methyl/N-ethyl adjacent to an activating group) is 1. The van der Waals surface area contributed by atoms with Gasteiger partial charge in [-0.05, 0) is 68.2 Å². The largest absolute Gasteiger partial charge is 0.313 e. The Balaban J connectivity index is 1.58. The van der Waals surface area contributed by atoms with Crippen molar-refractivity contribution in [3.8, 4) is 0 Å². The van der Waals surface area contributed by atoms with E-state index in [1.54, 1.807) is 0 Å². The quantitative estimate of drug-likeness (QED) is 0.849. The van der Waals surface area contributed by atoms with Gasteiger partial charge in [-0.2, -0.15) is 0 Å². The second-order valence-corrected chi connectivity index (χ2v) is 9.34. The molecule has 0 radical (unpaired) electrons. The van der Waals surface area contributed by atoms with E-state index in [9.17, 15) is 0 Å². The van der Waals surface area contributed by atoms with E-state index < -0.39 is 0 Å². The lowest BCUT2D eigenvalue weighted by Gasteiger charge is -2.67. The van der Waals surface area contributed by atoms with Crippen molar-refractivity contribution < 1.29 is 0 Å². The second-order valence-electron chi connectivity index (χ2n) is 9.34. The number of hydrogen-bond donors (Lipinski definition) is 1. The smallest absolute Gasteiger partial charge is 0.0223 e. The molecule has 114 valence electrons. The average Bonchev–Trinajstić information content (AvgIpc) is 2.73. The lowest BCUT2D eigenvalue weighted by molar-refractivity contribution is -0.157. The van der Waals surface area contributed by atoms with Gasteiger partial charge in [-0.15, -0.1) is 0 Å². The predicted molar refractivity (Wildman–Crippen MR) is 83.8 cm³/mol. The minimum atomic E-state index is 0.576. The number of nitrogens with zero attached hydrogens (tertiary/aromatic N) is 1. The minimum Gasteiger partial charge on any atom is -0.313 e. The zero-order valence-corrected chi connectivity index (χ0v) is 13.7. The molecule has 3 unspecified atom stereocenters. The Morgan fingerprint density at radius 1 is 1.05 bits per heavy atom. The van der Waals surface area contributed by atoms with Crippen LogP contribution in [0.15, 0.2) is 0 Å². The highest BCUT2D eigenvalue weighted by Gasteiger charge is 2.62. The Hall–Kier alpha value is -0.0800. The van der Waals surface area contributed by atoms with Crippen LogP contribution in [0.1, 0.15) is 65.7 Å². The first-order valence-corrected chi connectivity index (χ1v) is 8.93. The Morgan fingerprint density at radius 3 is 2.35 bits per heavy atom. The van der Waals surface area contributed by atoms with Crippen LogP contribution in [0.3, 0.4) is 0 Å². The molecule has 0 aromatic carbocycles. The van der Waals surface area contributed by atoms with Crippen molar-refractivity contribution in [3.05, 3.63) is 0 Å². The van der Waals surface area contributed by atoms with Crippen LogP contribution in [0.2, 0.25) is 0 Å². The molecule has 4 bridgehead atoms. The lowest BCUT2D eigenvalue weighted by atomic mass is 9.42. The van der Waals surface area contributed by atoms with Gasteiger partial charge in [0.05, 0.1) is 0 Å². The molecule has 1 saturated heterocycles. The van der Waals surface area contributed by atoms with Crippen molar-refractivity contribution in [1.82, 2.24) is 10.2 Å². The SMILES string of the molecule is CCNC1CCN(C23CC4CC(C)(CC(C)(C4)C2)C3)C1. The highest BCUT2D eigenvalue weighted by molar-refractivity contribution is 5.15. The van der Waals surface area contributed by atoms with Crippen molar-refractivity contribution in [1.29, 1.82) is 0 Å². The molecule has 5 rings (SSSR count). The third-order valence-corrected chi connectivity index (χ3v) is 6.95. The fraction of sp³-hybridized carbons (Fsp3) is 1.00. The third-order valence-electron chi connectivity index (χ3n) is 6.95. The van der Waals surface area contributed by atoms with Crippen molar-refractivity contribution >= 4 is 0 Å². The molecule has 4 aliphatic carbocycles. The van der Waals surface area contributed by atoms with Gasteiger partial charge >= 0.3 is 0 Å². The zero-order valence-electron chi connectivity index (χ0n) is 13.7. The molecule has 1 aliphatic heterocycles. The molecule has 0 aromatic heterocycles. The van der Waals surface area contributed by atoms with Crippen LogP contribution in [0.4, 0.5) is 0 Å². The van der Waals surface area contributed by atoms with E-state index in [1.807, 2.05) is 0 Å². The summed E-state index contributed by atoms with van der Waals surface area (Å²) in [5.74, 6) is 1.03. The Kier molecular flexibility index (Phi) is 2.87.